The summed E-state index contributed by atoms with van der Waals surface area (Å²) in [4.78, 5) is 24.7. The first kappa shape index (κ1) is 14.8. The van der Waals surface area contributed by atoms with Crippen LogP contribution in [0.25, 0.3) is 0 Å². The average Bonchev–Trinajstić information content (AvgIpc) is 2.26. The summed E-state index contributed by atoms with van der Waals surface area (Å²) in [6.45, 7) is 7.92. The van der Waals surface area contributed by atoms with Crippen LogP contribution in [0.3, 0.4) is 0 Å². The number of hydrogen-bond acceptors (Lipinski definition) is 4. The molecule has 0 N–H and O–H groups in total. The van der Waals surface area contributed by atoms with Crippen molar-refractivity contribution in [3.05, 3.63) is 0 Å². The Labute approximate surface area is 108 Å². The molecule has 0 aliphatic carbocycles. The molecule has 1 rings (SSSR count). The summed E-state index contributed by atoms with van der Waals surface area (Å²) in [5.74, 6) is -1.07. The zero-order valence-electron chi connectivity index (χ0n) is 11.6. The van der Waals surface area contributed by atoms with Gasteiger partial charge in [-0.2, -0.15) is 0 Å². The van der Waals surface area contributed by atoms with Crippen molar-refractivity contribution in [2.24, 2.45) is 5.41 Å². The third kappa shape index (κ3) is 3.37. The first-order valence-electron chi connectivity index (χ1n) is 6.39. The first-order valence-corrected chi connectivity index (χ1v) is 6.39. The van der Waals surface area contributed by atoms with Crippen LogP contribution in [-0.2, 0) is 9.53 Å². The van der Waals surface area contributed by atoms with Crippen molar-refractivity contribution >= 4 is 12.1 Å². The van der Waals surface area contributed by atoms with Crippen LogP contribution in [0.15, 0.2) is 0 Å². The summed E-state index contributed by atoms with van der Waals surface area (Å²) < 4.78 is 5.27. The molecule has 0 spiro atoms. The molecule has 0 unspecified atom stereocenters. The molecule has 1 saturated heterocycles. The van der Waals surface area contributed by atoms with E-state index in [1.807, 2.05) is 6.92 Å². The summed E-state index contributed by atoms with van der Waals surface area (Å²) in [5, 5.41) is 11.3. The topological polar surface area (TPSA) is 69.7 Å². The molecular weight excluding hydrogens is 234 g/mol. The van der Waals surface area contributed by atoms with Gasteiger partial charge >= 0.3 is 6.09 Å². The maximum Gasteiger partial charge on any atom is 0.410 e. The summed E-state index contributed by atoms with van der Waals surface area (Å²) in [6.07, 6.45) is 1.25. The Morgan fingerprint density at radius 2 is 2.00 bits per heavy atom. The molecule has 1 aliphatic rings. The lowest BCUT2D eigenvalue weighted by Gasteiger charge is -2.43. The van der Waals surface area contributed by atoms with E-state index < -0.39 is 23.1 Å². The standard InChI is InChI=1S/C13H23NO4/c1-5-13(10(15)16)7-6-8-14(9-13)11(17)18-12(2,3)4/h5-9H2,1-4H3,(H,15,16)/p-1/t13-/m0/s1. The zero-order valence-corrected chi connectivity index (χ0v) is 11.6. The van der Waals surface area contributed by atoms with Crippen LogP contribution in [0.5, 0.6) is 0 Å². The number of hydrogen-bond donors (Lipinski definition) is 0. The van der Waals surface area contributed by atoms with E-state index in [1.54, 1.807) is 20.8 Å². The Balaban J connectivity index is 2.75. The minimum absolute atomic E-state index is 0.181. The van der Waals surface area contributed by atoms with Crippen molar-refractivity contribution < 1.29 is 19.4 Å². The minimum Gasteiger partial charge on any atom is -0.549 e. The van der Waals surface area contributed by atoms with Crippen LogP contribution in [0, 0.1) is 5.41 Å². The van der Waals surface area contributed by atoms with Crippen LogP contribution < -0.4 is 5.11 Å². The van der Waals surface area contributed by atoms with Crippen molar-refractivity contribution in [1.29, 1.82) is 0 Å². The second kappa shape index (κ2) is 5.16. The molecule has 1 amide bonds. The fourth-order valence-electron chi connectivity index (χ4n) is 2.21. The van der Waals surface area contributed by atoms with Gasteiger partial charge in [-0.15, -0.1) is 0 Å². The van der Waals surface area contributed by atoms with Gasteiger partial charge in [-0.25, -0.2) is 4.79 Å². The van der Waals surface area contributed by atoms with E-state index in [4.69, 9.17) is 4.74 Å². The van der Waals surface area contributed by atoms with Crippen molar-refractivity contribution in [3.63, 3.8) is 0 Å². The Morgan fingerprint density at radius 3 is 2.44 bits per heavy atom. The Morgan fingerprint density at radius 1 is 1.39 bits per heavy atom. The highest BCUT2D eigenvalue weighted by Gasteiger charge is 2.38. The lowest BCUT2D eigenvalue weighted by atomic mass is 9.78. The van der Waals surface area contributed by atoms with E-state index in [2.05, 4.69) is 0 Å². The zero-order chi connectivity index (χ0) is 14.0. The van der Waals surface area contributed by atoms with Gasteiger partial charge < -0.3 is 19.5 Å². The summed E-state index contributed by atoms with van der Waals surface area (Å²) >= 11 is 0. The molecule has 0 radical (unpaired) electrons. The van der Waals surface area contributed by atoms with Crippen molar-refractivity contribution in [2.75, 3.05) is 13.1 Å². The molecular formula is C13H22NO4-. The van der Waals surface area contributed by atoms with E-state index in [0.29, 0.717) is 25.8 Å². The number of nitrogens with zero attached hydrogens (tertiary/aromatic N) is 1. The first-order chi connectivity index (χ1) is 8.20. The monoisotopic (exact) mass is 256 g/mol. The molecule has 1 aliphatic heterocycles. The Hall–Kier alpha value is -1.26. The number of aliphatic carboxylic acids is 1. The molecule has 104 valence electrons. The number of carbonyl (C=O) groups excluding carboxylic acids is 2. The second-order valence-corrected chi connectivity index (χ2v) is 5.93. The molecule has 5 nitrogen and oxygen atoms in total. The number of ether oxygens (including phenoxy) is 1. The van der Waals surface area contributed by atoms with Crippen LogP contribution in [0.4, 0.5) is 4.79 Å². The van der Waals surface area contributed by atoms with Gasteiger partial charge in [0.1, 0.15) is 5.60 Å². The van der Waals surface area contributed by atoms with Gasteiger partial charge in [0, 0.05) is 24.5 Å². The number of likely N-dealkylation sites (tertiary alicyclic amines) is 1. The van der Waals surface area contributed by atoms with Crippen LogP contribution in [0.1, 0.15) is 47.0 Å². The van der Waals surface area contributed by atoms with Crippen molar-refractivity contribution in [2.45, 2.75) is 52.6 Å². The minimum atomic E-state index is -1.07. The fourth-order valence-corrected chi connectivity index (χ4v) is 2.21. The highest BCUT2D eigenvalue weighted by Crippen LogP contribution is 2.33. The third-order valence-electron chi connectivity index (χ3n) is 3.34. The molecule has 0 aromatic rings. The summed E-state index contributed by atoms with van der Waals surface area (Å²) in [6, 6.07) is 0. The van der Waals surface area contributed by atoms with E-state index in [-0.39, 0.29) is 6.54 Å². The van der Waals surface area contributed by atoms with Gasteiger partial charge in [0.2, 0.25) is 0 Å². The highest BCUT2D eigenvalue weighted by molar-refractivity contribution is 5.75. The van der Waals surface area contributed by atoms with Crippen LogP contribution in [-0.4, -0.2) is 35.7 Å². The van der Waals surface area contributed by atoms with Gasteiger partial charge in [-0.1, -0.05) is 6.92 Å². The van der Waals surface area contributed by atoms with E-state index in [1.165, 1.54) is 4.90 Å². The molecule has 0 bridgehead atoms. The van der Waals surface area contributed by atoms with Crippen LogP contribution in [0.2, 0.25) is 0 Å². The molecule has 1 fully saturated rings. The van der Waals surface area contributed by atoms with Gasteiger partial charge in [-0.3, -0.25) is 0 Å². The number of piperidine rings is 1. The van der Waals surface area contributed by atoms with Gasteiger partial charge in [-0.05, 0) is 40.0 Å². The van der Waals surface area contributed by atoms with E-state index in [0.717, 1.165) is 0 Å². The predicted octanol–water partition coefficient (Wildman–Crippen LogP) is 1.16. The van der Waals surface area contributed by atoms with E-state index >= 15 is 0 Å². The maximum atomic E-state index is 11.9. The van der Waals surface area contributed by atoms with Crippen LogP contribution >= 0.6 is 0 Å². The maximum absolute atomic E-state index is 11.9. The smallest absolute Gasteiger partial charge is 0.410 e. The normalized spacial score (nSPS) is 24.8. The summed E-state index contributed by atoms with van der Waals surface area (Å²) in [5.41, 5.74) is -1.49. The number of carboxylic acid groups (broad SMARTS) is 1. The highest BCUT2D eigenvalue weighted by atomic mass is 16.6. The largest absolute Gasteiger partial charge is 0.549 e. The second-order valence-electron chi connectivity index (χ2n) is 5.93. The number of carboxylic acids is 1. The molecule has 1 heterocycles. The van der Waals surface area contributed by atoms with Gasteiger partial charge in [0.25, 0.3) is 0 Å². The Bertz CT molecular complexity index is 334. The SMILES string of the molecule is CC[C@]1(C(=O)[O-])CCCN(C(=O)OC(C)(C)C)C1. The van der Waals surface area contributed by atoms with E-state index in [9.17, 15) is 14.7 Å². The lowest BCUT2D eigenvalue weighted by molar-refractivity contribution is -0.321. The third-order valence-corrected chi connectivity index (χ3v) is 3.34. The predicted molar refractivity (Wildman–Crippen MR) is 64.8 cm³/mol. The van der Waals surface area contributed by atoms with Gasteiger partial charge in [0.15, 0.2) is 0 Å². The molecule has 1 atom stereocenters. The number of rotatable bonds is 2. The van der Waals surface area contributed by atoms with Gasteiger partial charge in [0.05, 0.1) is 0 Å². The summed E-state index contributed by atoms with van der Waals surface area (Å²) in [7, 11) is 0. The lowest BCUT2D eigenvalue weighted by Crippen LogP contribution is -2.54. The van der Waals surface area contributed by atoms with Crippen molar-refractivity contribution in [1.82, 2.24) is 4.90 Å². The number of carbonyl (C=O) groups is 2. The molecule has 0 aromatic heterocycles. The molecule has 18 heavy (non-hydrogen) atoms. The fraction of sp³-hybridized carbons (Fsp3) is 0.846. The quantitative estimate of drug-likeness (QED) is 0.743. The molecule has 5 heteroatoms. The molecule has 0 aromatic carbocycles. The number of amides is 1. The average molecular weight is 256 g/mol. The Kier molecular flexibility index (Phi) is 4.24. The van der Waals surface area contributed by atoms with Crippen molar-refractivity contribution in [3.8, 4) is 0 Å². The molecule has 0 saturated carbocycles.